The summed E-state index contributed by atoms with van der Waals surface area (Å²) in [4.78, 5) is 39.7. The third-order valence-electron chi connectivity index (χ3n) is 6.84. The molecule has 0 heterocycles. The van der Waals surface area contributed by atoms with Gasteiger partial charge >= 0.3 is 12.1 Å². The van der Waals surface area contributed by atoms with Crippen LogP contribution in [-0.2, 0) is 20.3 Å². The second-order valence-electron chi connectivity index (χ2n) is 10.5. The van der Waals surface area contributed by atoms with Crippen LogP contribution in [0, 0.1) is 5.92 Å². The Balaban J connectivity index is 0.0000106. The highest BCUT2D eigenvalue weighted by molar-refractivity contribution is 6.42. The summed E-state index contributed by atoms with van der Waals surface area (Å²) in [6, 6.07) is 3.23. The van der Waals surface area contributed by atoms with Crippen LogP contribution in [0.3, 0.4) is 0 Å². The summed E-state index contributed by atoms with van der Waals surface area (Å²) in [6.45, 7) is 2.88. The molecule has 0 saturated carbocycles. The summed E-state index contributed by atoms with van der Waals surface area (Å²) in [7, 11) is 1.37. The van der Waals surface area contributed by atoms with Gasteiger partial charge in [0.2, 0.25) is 11.8 Å². The van der Waals surface area contributed by atoms with Gasteiger partial charge < -0.3 is 31.5 Å². The molecule has 46 heavy (non-hydrogen) atoms. The van der Waals surface area contributed by atoms with Crippen molar-refractivity contribution in [2.45, 2.75) is 69.4 Å². The molecular weight excluding hydrogens is 686 g/mol. The number of ether oxygens (including phenoxy) is 1. The van der Waals surface area contributed by atoms with Gasteiger partial charge in [-0.05, 0) is 61.6 Å². The van der Waals surface area contributed by atoms with Gasteiger partial charge in [-0.25, -0.2) is 0 Å². The summed E-state index contributed by atoms with van der Waals surface area (Å²) in [5.41, 5.74) is 4.80. The zero-order chi connectivity index (χ0) is 34.1. The fourth-order valence-electron chi connectivity index (χ4n) is 4.23. The number of amides is 3. The van der Waals surface area contributed by atoms with E-state index in [1.807, 2.05) is 5.32 Å². The van der Waals surface area contributed by atoms with E-state index in [0.717, 1.165) is 18.2 Å². The van der Waals surface area contributed by atoms with Crippen molar-refractivity contribution >= 4 is 53.3 Å². The first-order chi connectivity index (χ1) is 20.9. The Morgan fingerprint density at radius 3 is 2.02 bits per heavy atom. The van der Waals surface area contributed by atoms with Gasteiger partial charge in [-0.2, -0.15) is 22.0 Å². The lowest BCUT2D eigenvalue weighted by Crippen LogP contribution is -2.56. The number of alkyl halides is 5. The molecule has 258 valence electrons. The average Bonchev–Trinajstić information content (AvgIpc) is 2.98. The van der Waals surface area contributed by atoms with Crippen LogP contribution in [0.4, 0.5) is 22.0 Å². The molecule has 3 amide bonds. The number of carbonyl (C=O) groups excluding carboxylic acids is 3. The Bertz CT molecular complexity index is 1320. The van der Waals surface area contributed by atoms with Crippen molar-refractivity contribution in [2.75, 3.05) is 13.7 Å². The fourth-order valence-corrected chi connectivity index (χ4v) is 4.53. The normalized spacial score (nSPS) is 14.4. The number of nitrogens with two attached hydrogens (primary N) is 1. The molecule has 0 aliphatic rings. The number of rotatable bonds is 15. The predicted molar refractivity (Wildman–Crippen MR) is 165 cm³/mol. The Hall–Kier alpha value is -2.91. The van der Waals surface area contributed by atoms with Gasteiger partial charge in [0.1, 0.15) is 17.8 Å². The van der Waals surface area contributed by atoms with Crippen molar-refractivity contribution < 1.29 is 46.2 Å². The molecule has 0 aromatic heterocycles. The van der Waals surface area contributed by atoms with Crippen molar-refractivity contribution in [3.8, 4) is 5.75 Å². The molecule has 0 aliphatic heterocycles. The third kappa shape index (κ3) is 11.1. The van der Waals surface area contributed by atoms with Crippen LogP contribution < -0.4 is 26.4 Å². The molecule has 0 aliphatic carbocycles. The lowest BCUT2D eigenvalue weighted by atomic mass is 9.96. The summed E-state index contributed by atoms with van der Waals surface area (Å²) in [5, 5.41) is 16.1. The number of carbonyl (C=O) groups is 3. The lowest BCUT2D eigenvalue weighted by Gasteiger charge is -2.31. The van der Waals surface area contributed by atoms with Gasteiger partial charge in [0.05, 0.1) is 23.2 Å². The minimum atomic E-state index is -5.07. The van der Waals surface area contributed by atoms with E-state index in [-0.39, 0.29) is 47.4 Å². The van der Waals surface area contributed by atoms with E-state index in [2.05, 4.69) is 10.6 Å². The number of aliphatic hydroxyl groups is 1. The summed E-state index contributed by atoms with van der Waals surface area (Å²) in [6.07, 6.45) is -7.61. The molecule has 2 aromatic carbocycles. The molecule has 0 fully saturated rings. The molecule has 9 nitrogen and oxygen atoms in total. The summed E-state index contributed by atoms with van der Waals surface area (Å²) < 4.78 is 75.4. The highest BCUT2D eigenvalue weighted by Crippen LogP contribution is 2.33. The van der Waals surface area contributed by atoms with Crippen LogP contribution in [0.2, 0.25) is 10.0 Å². The zero-order valence-electron chi connectivity index (χ0n) is 25.0. The minimum absolute atomic E-state index is 0. The number of hydrogen-bond acceptors (Lipinski definition) is 6. The maximum atomic E-state index is 15.1. The van der Waals surface area contributed by atoms with E-state index in [4.69, 9.17) is 33.7 Å². The molecule has 2 rings (SSSR count). The number of halogens is 8. The third-order valence-corrected chi connectivity index (χ3v) is 7.58. The number of methoxy groups -OCH3 is 1. The van der Waals surface area contributed by atoms with Crippen molar-refractivity contribution in [3.63, 3.8) is 0 Å². The minimum Gasteiger partial charge on any atom is -0.497 e. The number of nitrogens with one attached hydrogen (secondary N) is 3. The average molecular weight is 722 g/mol. The van der Waals surface area contributed by atoms with Crippen LogP contribution in [0.15, 0.2) is 42.5 Å². The Labute approximate surface area is 279 Å². The van der Waals surface area contributed by atoms with Gasteiger partial charge in [0.25, 0.3) is 5.91 Å². The van der Waals surface area contributed by atoms with E-state index >= 15 is 8.78 Å². The molecule has 0 bridgehead atoms. The number of hydrogen-bond donors (Lipinski definition) is 5. The topological polar surface area (TPSA) is 143 Å². The largest absolute Gasteiger partial charge is 0.497 e. The second-order valence-corrected chi connectivity index (χ2v) is 11.3. The molecule has 4 atom stereocenters. The van der Waals surface area contributed by atoms with Crippen LogP contribution >= 0.6 is 35.6 Å². The fraction of sp³-hybridized carbons (Fsp3) is 0.483. The van der Waals surface area contributed by atoms with Gasteiger partial charge in [0, 0.05) is 5.56 Å². The Morgan fingerprint density at radius 2 is 1.52 bits per heavy atom. The maximum Gasteiger partial charge on any atom is 0.416 e. The Kier molecular flexibility index (Phi) is 16.0. The van der Waals surface area contributed by atoms with Crippen molar-refractivity contribution in [1.82, 2.24) is 16.0 Å². The van der Waals surface area contributed by atoms with Gasteiger partial charge in [-0.1, -0.05) is 55.2 Å². The standard InChI is InChI=1S/C29H35Cl2F5N4O5.ClH/c1-15(2)22(24(41)29(34,35)36)39-26(43)23(16-7-10-18(45-3)11-8-16)40-25(42)21(6-4-5-13-37)38-27(44)28(32,33)17-9-12-19(30)20(31)14-17;/h7-12,14-15,21-24,41H,4-6,13,37H2,1-3H3,(H,38,44)(H,39,43)(H,40,42);1H/t21-,22-,23-,24-;/m0./s1. The lowest BCUT2D eigenvalue weighted by molar-refractivity contribution is -0.215. The van der Waals surface area contributed by atoms with Crippen LogP contribution in [-0.4, -0.2) is 60.8 Å². The quantitative estimate of drug-likeness (QED) is 0.129. The van der Waals surface area contributed by atoms with Gasteiger partial charge in [-0.15, -0.1) is 12.4 Å². The number of aliphatic hydroxyl groups excluding tert-OH is 1. The molecule has 0 saturated heterocycles. The summed E-state index contributed by atoms with van der Waals surface area (Å²) >= 11 is 11.6. The van der Waals surface area contributed by atoms with Gasteiger partial charge in [0.15, 0.2) is 6.10 Å². The monoisotopic (exact) mass is 720 g/mol. The van der Waals surface area contributed by atoms with Gasteiger partial charge in [-0.3, -0.25) is 14.4 Å². The van der Waals surface area contributed by atoms with Crippen LogP contribution in [0.5, 0.6) is 5.75 Å². The molecule has 0 spiro atoms. The molecule has 2 aromatic rings. The molecular formula is C29H36Cl3F5N4O5. The molecule has 0 radical (unpaired) electrons. The number of benzene rings is 2. The van der Waals surface area contributed by atoms with E-state index < -0.39 is 65.5 Å². The van der Waals surface area contributed by atoms with E-state index in [1.54, 1.807) is 0 Å². The Morgan fingerprint density at radius 1 is 0.913 bits per heavy atom. The highest BCUT2D eigenvalue weighted by atomic mass is 35.5. The van der Waals surface area contributed by atoms with Crippen LogP contribution in [0.25, 0.3) is 0 Å². The van der Waals surface area contributed by atoms with Crippen molar-refractivity contribution in [2.24, 2.45) is 11.7 Å². The van der Waals surface area contributed by atoms with E-state index in [0.29, 0.717) is 12.2 Å². The van der Waals surface area contributed by atoms with Crippen molar-refractivity contribution in [3.05, 3.63) is 63.6 Å². The predicted octanol–water partition coefficient (Wildman–Crippen LogP) is 5.05. The highest BCUT2D eigenvalue weighted by Gasteiger charge is 2.46. The first-order valence-electron chi connectivity index (χ1n) is 13.8. The van der Waals surface area contributed by atoms with E-state index in [9.17, 15) is 32.7 Å². The summed E-state index contributed by atoms with van der Waals surface area (Å²) in [5.74, 6) is -8.78. The SMILES string of the molecule is COc1ccc([C@H](NC(=O)[C@H](CCCCN)NC(=O)C(F)(F)c2ccc(Cl)c(Cl)c2)C(=O)N[C@@H](C(C)C)[C@H](O)C(F)(F)F)cc1.Cl. The molecule has 17 heteroatoms. The molecule has 0 unspecified atom stereocenters. The number of unbranched alkanes of at least 4 members (excludes halogenated alkanes) is 1. The molecule has 6 N–H and O–H groups in total. The first kappa shape index (κ1) is 41.1. The second kappa shape index (κ2) is 17.9. The first-order valence-corrected chi connectivity index (χ1v) is 14.5. The van der Waals surface area contributed by atoms with Crippen LogP contribution in [0.1, 0.15) is 50.3 Å². The van der Waals surface area contributed by atoms with Crippen molar-refractivity contribution in [1.29, 1.82) is 0 Å². The van der Waals surface area contributed by atoms with E-state index in [1.165, 1.54) is 45.2 Å². The maximum absolute atomic E-state index is 15.1. The zero-order valence-corrected chi connectivity index (χ0v) is 27.3. The smallest absolute Gasteiger partial charge is 0.416 e.